The summed E-state index contributed by atoms with van der Waals surface area (Å²) >= 11 is 0. The number of nitrogens with zero attached hydrogens (tertiary/aromatic N) is 1. The van der Waals surface area contributed by atoms with E-state index in [0.717, 1.165) is 13.1 Å². The lowest BCUT2D eigenvalue weighted by Crippen LogP contribution is -2.30. The number of hydrogen-bond acceptors (Lipinski definition) is 4. The molecule has 2 aliphatic rings. The number of carboxylic acid groups (broad SMARTS) is 1. The van der Waals surface area contributed by atoms with Crippen LogP contribution in [0.15, 0.2) is 42.5 Å². The molecule has 4 rings (SSSR count). The van der Waals surface area contributed by atoms with Crippen molar-refractivity contribution in [2.75, 3.05) is 19.8 Å². The number of likely N-dealkylation sites (tertiary alicyclic amines) is 1. The lowest BCUT2D eigenvalue weighted by molar-refractivity contribution is -0.148. The maximum atomic E-state index is 11.8. The zero-order valence-electron chi connectivity index (χ0n) is 15.4. The van der Waals surface area contributed by atoms with Crippen molar-refractivity contribution in [2.24, 2.45) is 5.92 Å². The first-order valence-electron chi connectivity index (χ1n) is 9.66. The van der Waals surface area contributed by atoms with Gasteiger partial charge in [0.15, 0.2) is 0 Å². The normalized spacial score (nSPS) is 23.9. The number of esters is 1. The fourth-order valence-electron chi connectivity index (χ4n) is 4.41. The predicted molar refractivity (Wildman–Crippen MR) is 102 cm³/mol. The molecule has 0 spiro atoms. The van der Waals surface area contributed by atoms with Gasteiger partial charge in [-0.3, -0.25) is 14.5 Å². The minimum absolute atomic E-state index is 0.107. The van der Waals surface area contributed by atoms with E-state index in [1.807, 2.05) is 0 Å². The number of fused-ring (bicyclic) bond motifs is 2. The summed E-state index contributed by atoms with van der Waals surface area (Å²) in [7, 11) is 0. The van der Waals surface area contributed by atoms with Crippen molar-refractivity contribution >= 4 is 22.7 Å². The summed E-state index contributed by atoms with van der Waals surface area (Å²) in [5.41, 5.74) is 1.62. The van der Waals surface area contributed by atoms with Crippen molar-refractivity contribution in [1.29, 1.82) is 0 Å². The van der Waals surface area contributed by atoms with E-state index in [0.29, 0.717) is 31.9 Å². The Balaban J connectivity index is 1.28. The zero-order chi connectivity index (χ0) is 18.9. The van der Waals surface area contributed by atoms with Crippen molar-refractivity contribution in [3.8, 4) is 0 Å². The smallest absolute Gasteiger partial charge is 0.307 e. The van der Waals surface area contributed by atoms with Crippen LogP contribution in [0.2, 0.25) is 0 Å². The van der Waals surface area contributed by atoms with Gasteiger partial charge < -0.3 is 9.84 Å². The molecule has 1 aliphatic carbocycles. The minimum Gasteiger partial charge on any atom is -0.481 e. The molecule has 0 bridgehead atoms. The van der Waals surface area contributed by atoms with E-state index in [9.17, 15) is 9.59 Å². The highest BCUT2D eigenvalue weighted by Crippen LogP contribution is 2.59. The standard InChI is InChI=1S/C22H25NO4/c24-20(25)7-3-4-8-21(26)27-15-23-13-19-12-22(19,14-23)18-10-9-16-5-1-2-6-17(16)11-18/h1-2,5-6,9-11,19H,3-4,7-8,12-15H2,(H,24,25)/t19-,22+/m1/s1. The molecule has 5 nitrogen and oxygen atoms in total. The number of carbonyl (C=O) groups excluding carboxylic acids is 1. The van der Waals surface area contributed by atoms with Gasteiger partial charge in [-0.1, -0.05) is 42.5 Å². The highest BCUT2D eigenvalue weighted by atomic mass is 16.5. The summed E-state index contributed by atoms with van der Waals surface area (Å²) in [5, 5.41) is 11.2. The summed E-state index contributed by atoms with van der Waals surface area (Å²) in [6, 6.07) is 15.2. The fraction of sp³-hybridized carbons (Fsp3) is 0.455. The second-order valence-corrected chi connectivity index (χ2v) is 7.88. The van der Waals surface area contributed by atoms with Gasteiger partial charge in [0.2, 0.25) is 0 Å². The first-order chi connectivity index (χ1) is 13.1. The number of rotatable bonds is 8. The Bertz CT molecular complexity index is 864. The Hall–Kier alpha value is -2.40. The molecule has 1 N–H and O–H groups in total. The highest BCUT2D eigenvalue weighted by Gasteiger charge is 2.60. The van der Waals surface area contributed by atoms with Gasteiger partial charge in [-0.15, -0.1) is 0 Å². The topological polar surface area (TPSA) is 66.8 Å². The number of hydrogen-bond donors (Lipinski definition) is 1. The molecular formula is C22H25NO4. The average molecular weight is 367 g/mol. The van der Waals surface area contributed by atoms with Crippen LogP contribution in [0.5, 0.6) is 0 Å². The number of piperidine rings is 1. The highest BCUT2D eigenvalue weighted by molar-refractivity contribution is 5.83. The van der Waals surface area contributed by atoms with Gasteiger partial charge in [-0.2, -0.15) is 0 Å². The predicted octanol–water partition coefficient (Wildman–Crippen LogP) is 3.56. The van der Waals surface area contributed by atoms with E-state index >= 15 is 0 Å². The number of carbonyl (C=O) groups is 2. The van der Waals surface area contributed by atoms with Crippen LogP contribution in [0.3, 0.4) is 0 Å². The van der Waals surface area contributed by atoms with Crippen LogP contribution in [-0.4, -0.2) is 41.8 Å². The maximum absolute atomic E-state index is 11.8. The average Bonchev–Trinajstić information content (AvgIpc) is 3.24. The van der Waals surface area contributed by atoms with E-state index in [2.05, 4.69) is 47.4 Å². The minimum atomic E-state index is -0.821. The van der Waals surface area contributed by atoms with Crippen LogP contribution in [0.4, 0.5) is 0 Å². The molecule has 1 saturated heterocycles. The largest absolute Gasteiger partial charge is 0.481 e. The van der Waals surface area contributed by atoms with Gasteiger partial charge in [0, 0.05) is 31.3 Å². The Morgan fingerprint density at radius 1 is 1.11 bits per heavy atom. The monoisotopic (exact) mass is 367 g/mol. The molecule has 0 aromatic heterocycles. The van der Waals surface area contributed by atoms with Crippen molar-refractivity contribution in [3.05, 3.63) is 48.0 Å². The molecule has 2 aromatic rings. The third-order valence-electron chi connectivity index (χ3n) is 5.97. The lowest BCUT2D eigenvalue weighted by atomic mass is 9.93. The molecule has 5 heteroatoms. The van der Waals surface area contributed by atoms with Crippen molar-refractivity contribution in [3.63, 3.8) is 0 Å². The van der Waals surface area contributed by atoms with E-state index in [-0.39, 0.29) is 17.8 Å². The van der Waals surface area contributed by atoms with E-state index in [4.69, 9.17) is 9.84 Å². The molecule has 1 saturated carbocycles. The van der Waals surface area contributed by atoms with Gasteiger partial charge in [-0.25, -0.2) is 0 Å². The van der Waals surface area contributed by atoms with Crippen molar-refractivity contribution in [1.82, 2.24) is 4.90 Å². The summed E-state index contributed by atoms with van der Waals surface area (Å²) in [6.07, 6.45) is 2.69. The molecule has 0 amide bonds. The maximum Gasteiger partial charge on any atom is 0.307 e. The molecule has 142 valence electrons. The molecule has 1 aliphatic heterocycles. The van der Waals surface area contributed by atoms with Crippen LogP contribution in [-0.2, 0) is 19.7 Å². The number of ether oxygens (including phenoxy) is 1. The SMILES string of the molecule is O=C(O)CCCCC(=O)OCN1C[C@H]2C[C@@]2(c2ccc3ccccc3c2)C1. The van der Waals surface area contributed by atoms with Gasteiger partial charge in [-0.05, 0) is 41.5 Å². The van der Waals surface area contributed by atoms with Gasteiger partial charge in [0.25, 0.3) is 0 Å². The first-order valence-corrected chi connectivity index (χ1v) is 9.66. The summed E-state index contributed by atoms with van der Waals surface area (Å²) in [4.78, 5) is 24.5. The van der Waals surface area contributed by atoms with Crippen LogP contribution < -0.4 is 0 Å². The van der Waals surface area contributed by atoms with Crippen LogP contribution in [0.25, 0.3) is 10.8 Å². The van der Waals surface area contributed by atoms with E-state index in [1.165, 1.54) is 22.8 Å². The summed E-state index contributed by atoms with van der Waals surface area (Å²) in [5.74, 6) is -0.410. The van der Waals surface area contributed by atoms with Crippen LogP contribution in [0.1, 0.15) is 37.7 Å². The van der Waals surface area contributed by atoms with Gasteiger partial charge in [0.05, 0.1) is 0 Å². The van der Waals surface area contributed by atoms with Gasteiger partial charge >= 0.3 is 11.9 Å². The van der Waals surface area contributed by atoms with E-state index < -0.39 is 5.97 Å². The Labute approximate surface area is 158 Å². The van der Waals surface area contributed by atoms with Crippen molar-refractivity contribution in [2.45, 2.75) is 37.5 Å². The third-order valence-corrected chi connectivity index (χ3v) is 5.97. The number of carboxylic acids is 1. The van der Waals surface area contributed by atoms with Gasteiger partial charge in [0.1, 0.15) is 6.73 Å². The number of aliphatic carboxylic acids is 1. The molecule has 0 radical (unpaired) electrons. The molecule has 0 unspecified atom stereocenters. The number of unbranched alkanes of at least 4 members (excludes halogenated alkanes) is 1. The van der Waals surface area contributed by atoms with E-state index in [1.54, 1.807) is 0 Å². The number of benzene rings is 2. The molecule has 1 heterocycles. The summed E-state index contributed by atoms with van der Waals surface area (Å²) < 4.78 is 5.39. The zero-order valence-corrected chi connectivity index (χ0v) is 15.4. The molecule has 2 fully saturated rings. The summed E-state index contributed by atoms with van der Waals surface area (Å²) in [6.45, 7) is 2.24. The second-order valence-electron chi connectivity index (χ2n) is 7.88. The quantitative estimate of drug-likeness (QED) is 0.571. The lowest BCUT2D eigenvalue weighted by Gasteiger charge is -2.21. The fourth-order valence-corrected chi connectivity index (χ4v) is 4.41. The second kappa shape index (κ2) is 7.31. The molecule has 2 aromatic carbocycles. The Kier molecular flexibility index (Phi) is 4.87. The first kappa shape index (κ1) is 18.0. The Morgan fingerprint density at radius 2 is 1.89 bits per heavy atom. The molecular weight excluding hydrogens is 342 g/mol. The van der Waals surface area contributed by atoms with Crippen molar-refractivity contribution < 1.29 is 19.4 Å². The Morgan fingerprint density at radius 3 is 2.70 bits per heavy atom. The van der Waals surface area contributed by atoms with Crippen LogP contribution in [0, 0.1) is 5.92 Å². The van der Waals surface area contributed by atoms with Crippen LogP contribution >= 0.6 is 0 Å². The molecule has 27 heavy (non-hydrogen) atoms. The third kappa shape index (κ3) is 3.83. The molecule has 2 atom stereocenters.